The Morgan fingerprint density at radius 3 is 2.65 bits per heavy atom. The molecule has 0 radical (unpaired) electrons. The number of hydrogen-bond donors (Lipinski definition) is 1. The van der Waals surface area contributed by atoms with Gasteiger partial charge in [0.25, 0.3) is 0 Å². The van der Waals surface area contributed by atoms with Gasteiger partial charge in [0.05, 0.1) is 33.2 Å². The van der Waals surface area contributed by atoms with Crippen molar-refractivity contribution in [3.05, 3.63) is 53.2 Å². The van der Waals surface area contributed by atoms with E-state index in [0.29, 0.717) is 16.5 Å². The van der Waals surface area contributed by atoms with E-state index in [0.717, 1.165) is 34.3 Å². The summed E-state index contributed by atoms with van der Waals surface area (Å²) in [5.74, 6) is 0.486. The molecule has 1 N–H and O–H groups in total. The first-order valence-corrected chi connectivity index (χ1v) is 10.3. The summed E-state index contributed by atoms with van der Waals surface area (Å²) in [6, 6.07) is 13.6. The number of aromatic nitrogens is 1. The molecule has 6 heteroatoms. The van der Waals surface area contributed by atoms with E-state index in [1.165, 1.54) is 0 Å². The molecule has 1 aromatic heterocycles. The van der Waals surface area contributed by atoms with Crippen molar-refractivity contribution in [3.8, 4) is 17.2 Å². The second-order valence-electron chi connectivity index (χ2n) is 6.68. The van der Waals surface area contributed by atoms with Gasteiger partial charge >= 0.3 is 0 Å². The molecule has 0 aliphatic carbocycles. The van der Waals surface area contributed by atoms with Gasteiger partial charge in [-0.1, -0.05) is 31.5 Å². The Labute approximate surface area is 161 Å². The molecular weight excluding hydrogens is 366 g/mol. The van der Waals surface area contributed by atoms with E-state index in [9.17, 15) is 4.55 Å². The molecule has 1 unspecified atom stereocenters. The molecule has 4 nitrogen and oxygen atoms in total. The molecule has 0 amide bonds. The molecule has 0 aliphatic rings. The van der Waals surface area contributed by atoms with Gasteiger partial charge in [0.15, 0.2) is 0 Å². The van der Waals surface area contributed by atoms with Gasteiger partial charge in [-0.3, -0.25) is 0 Å². The Morgan fingerprint density at radius 1 is 1.27 bits per heavy atom. The molecule has 26 heavy (non-hydrogen) atoms. The number of nitriles is 1. The van der Waals surface area contributed by atoms with E-state index < -0.39 is 11.4 Å². The maximum absolute atomic E-state index is 11.5. The standard InChI is InChI=1S/C20H20ClN3OS/c1-13(2)11-24-12-18(14-4-5-15(10-22)19(21)8-14)17-7-6-16(9-20(17)24)23-26(3)25/h4-9,12-13,23H,11H2,1-3H3. The third-order valence-electron chi connectivity index (χ3n) is 4.11. The fourth-order valence-electron chi connectivity index (χ4n) is 3.07. The summed E-state index contributed by atoms with van der Waals surface area (Å²) in [5, 5.41) is 10.6. The maximum Gasteiger partial charge on any atom is 0.121 e. The first-order chi connectivity index (χ1) is 12.4. The van der Waals surface area contributed by atoms with Gasteiger partial charge in [0.2, 0.25) is 0 Å². The van der Waals surface area contributed by atoms with Crippen molar-refractivity contribution in [2.45, 2.75) is 20.4 Å². The second-order valence-corrected chi connectivity index (χ2v) is 8.20. The van der Waals surface area contributed by atoms with Crippen LogP contribution >= 0.6 is 11.6 Å². The molecule has 0 saturated heterocycles. The fourth-order valence-corrected chi connectivity index (χ4v) is 3.75. The van der Waals surface area contributed by atoms with E-state index in [2.05, 4.69) is 35.4 Å². The minimum absolute atomic E-state index is 0.453. The Kier molecular flexibility index (Phi) is 5.47. The summed E-state index contributed by atoms with van der Waals surface area (Å²) in [5.41, 5.74) is 4.41. The predicted octanol–water partition coefficient (Wildman–Crippen LogP) is 5.19. The first-order valence-electron chi connectivity index (χ1n) is 8.32. The molecule has 0 spiro atoms. The third kappa shape index (κ3) is 3.83. The van der Waals surface area contributed by atoms with E-state index in [4.69, 9.17) is 16.9 Å². The van der Waals surface area contributed by atoms with Crippen LogP contribution in [0.5, 0.6) is 0 Å². The summed E-state index contributed by atoms with van der Waals surface area (Å²) < 4.78 is 16.7. The van der Waals surface area contributed by atoms with Gasteiger partial charge < -0.3 is 9.12 Å². The lowest BCUT2D eigenvalue weighted by atomic mass is 10.0. The molecule has 0 fully saturated rings. The van der Waals surface area contributed by atoms with Gasteiger partial charge in [-0.05, 0) is 41.8 Å². The van der Waals surface area contributed by atoms with Gasteiger partial charge in [0.1, 0.15) is 12.3 Å². The lowest BCUT2D eigenvalue weighted by molar-refractivity contribution is 0.535. The Bertz CT molecular complexity index is 989. The number of benzene rings is 2. The quantitative estimate of drug-likeness (QED) is 0.614. The summed E-state index contributed by atoms with van der Waals surface area (Å²) in [6.45, 7) is 5.22. The average Bonchev–Trinajstić information content (AvgIpc) is 2.91. The van der Waals surface area contributed by atoms with Gasteiger partial charge in [-0.25, -0.2) is 4.72 Å². The highest BCUT2D eigenvalue weighted by Gasteiger charge is 2.14. The van der Waals surface area contributed by atoms with Crippen molar-refractivity contribution in [1.29, 1.82) is 5.26 Å². The topological polar surface area (TPSA) is 63.8 Å². The highest BCUT2D eigenvalue weighted by Crippen LogP contribution is 2.34. The smallest absolute Gasteiger partial charge is 0.121 e. The molecule has 1 heterocycles. The fraction of sp³-hybridized carbons (Fsp3) is 0.250. The largest absolute Gasteiger partial charge is 0.593 e. The predicted molar refractivity (Wildman–Crippen MR) is 110 cm³/mol. The van der Waals surface area contributed by atoms with Gasteiger partial charge in [-0.2, -0.15) is 5.26 Å². The van der Waals surface area contributed by atoms with Crippen molar-refractivity contribution in [2.75, 3.05) is 11.0 Å². The summed E-state index contributed by atoms with van der Waals surface area (Å²) in [7, 11) is 0. The number of rotatable bonds is 5. The van der Waals surface area contributed by atoms with Crippen LogP contribution in [0.25, 0.3) is 22.0 Å². The van der Waals surface area contributed by atoms with Crippen molar-refractivity contribution in [3.63, 3.8) is 0 Å². The average molecular weight is 386 g/mol. The van der Waals surface area contributed by atoms with Crippen LogP contribution in [0.4, 0.5) is 5.69 Å². The number of fused-ring (bicyclic) bond motifs is 1. The van der Waals surface area contributed by atoms with Crippen LogP contribution < -0.4 is 4.72 Å². The van der Waals surface area contributed by atoms with Gasteiger partial charge in [0, 0.05) is 23.7 Å². The monoisotopic (exact) mass is 385 g/mol. The zero-order valence-corrected chi connectivity index (χ0v) is 16.5. The SMILES string of the molecule is CC(C)Cn1cc(-c2ccc(C#N)c(Cl)c2)c2ccc(N[S+](C)[O-])cc21. The Hall–Kier alpha value is -2.13. The molecule has 0 aliphatic heterocycles. The number of nitrogens with one attached hydrogen (secondary N) is 1. The molecule has 0 saturated carbocycles. The van der Waals surface area contributed by atoms with Crippen LogP contribution in [0.2, 0.25) is 5.02 Å². The van der Waals surface area contributed by atoms with Crippen molar-refractivity contribution >= 4 is 39.6 Å². The first kappa shape index (κ1) is 18.7. The van der Waals surface area contributed by atoms with E-state index >= 15 is 0 Å². The number of hydrogen-bond acceptors (Lipinski definition) is 3. The Balaban J connectivity index is 2.16. The molecule has 0 bridgehead atoms. The van der Waals surface area contributed by atoms with Crippen molar-refractivity contribution in [2.24, 2.45) is 5.92 Å². The van der Waals surface area contributed by atoms with Crippen LogP contribution in [0.15, 0.2) is 42.6 Å². The van der Waals surface area contributed by atoms with Gasteiger partial charge in [-0.15, -0.1) is 0 Å². The van der Waals surface area contributed by atoms with Crippen molar-refractivity contribution < 1.29 is 4.55 Å². The van der Waals surface area contributed by atoms with E-state index in [1.54, 1.807) is 12.3 Å². The number of anilines is 1. The third-order valence-corrected chi connectivity index (χ3v) is 4.94. The van der Waals surface area contributed by atoms with Crippen LogP contribution in [-0.2, 0) is 17.9 Å². The Morgan fingerprint density at radius 2 is 2.04 bits per heavy atom. The normalized spacial score (nSPS) is 12.3. The van der Waals surface area contributed by atoms with Crippen LogP contribution in [-0.4, -0.2) is 15.4 Å². The zero-order chi connectivity index (χ0) is 18.8. The molecule has 134 valence electrons. The van der Waals surface area contributed by atoms with E-state index in [1.807, 2.05) is 30.3 Å². The van der Waals surface area contributed by atoms with Crippen LogP contribution in [0.1, 0.15) is 19.4 Å². The minimum atomic E-state index is -1.12. The zero-order valence-electron chi connectivity index (χ0n) is 14.9. The molecular formula is C20H20ClN3OS. The highest BCUT2D eigenvalue weighted by molar-refractivity contribution is 7.92. The minimum Gasteiger partial charge on any atom is -0.593 e. The number of halogens is 1. The van der Waals surface area contributed by atoms with Crippen molar-refractivity contribution in [1.82, 2.24) is 4.57 Å². The van der Waals surface area contributed by atoms with Crippen LogP contribution in [0, 0.1) is 17.2 Å². The molecule has 3 aromatic rings. The summed E-state index contributed by atoms with van der Waals surface area (Å²) in [4.78, 5) is 0. The maximum atomic E-state index is 11.5. The highest BCUT2D eigenvalue weighted by atomic mass is 35.5. The lowest BCUT2D eigenvalue weighted by Crippen LogP contribution is -2.09. The molecule has 1 atom stereocenters. The van der Waals surface area contributed by atoms with E-state index in [-0.39, 0.29) is 0 Å². The number of nitrogens with zero attached hydrogens (tertiary/aromatic N) is 2. The second kappa shape index (κ2) is 7.63. The van der Waals surface area contributed by atoms with Crippen LogP contribution in [0.3, 0.4) is 0 Å². The molecule has 2 aromatic carbocycles. The molecule has 3 rings (SSSR count). The summed E-state index contributed by atoms with van der Waals surface area (Å²) >= 11 is 5.11. The summed E-state index contributed by atoms with van der Waals surface area (Å²) in [6.07, 6.45) is 3.73. The lowest BCUT2D eigenvalue weighted by Gasteiger charge is -2.10.